The zero-order valence-electron chi connectivity index (χ0n) is 9.65. The second-order valence-corrected chi connectivity index (χ2v) is 3.81. The lowest BCUT2D eigenvalue weighted by molar-refractivity contribution is 0.630. The molecular weight excluding hydrogens is 217 g/mol. The molecule has 1 heterocycles. The molecule has 17 heavy (non-hydrogen) atoms. The standard InChI is InChI=1S/C13H14FN3/c1-9-16-8-10(6-7-15)13(17-9)11-4-2-3-5-12(11)14/h2-5,8H,6-7,15H2,1H3. The molecule has 2 rings (SSSR count). The zero-order chi connectivity index (χ0) is 12.3. The Bertz CT molecular complexity index is 526. The highest BCUT2D eigenvalue weighted by atomic mass is 19.1. The Labute approximate surface area is 99.5 Å². The highest BCUT2D eigenvalue weighted by Crippen LogP contribution is 2.24. The van der Waals surface area contributed by atoms with Crippen molar-refractivity contribution in [2.45, 2.75) is 13.3 Å². The predicted molar refractivity (Wildman–Crippen MR) is 64.9 cm³/mol. The highest BCUT2D eigenvalue weighted by Gasteiger charge is 2.11. The van der Waals surface area contributed by atoms with Crippen molar-refractivity contribution in [3.8, 4) is 11.3 Å². The summed E-state index contributed by atoms with van der Waals surface area (Å²) >= 11 is 0. The Morgan fingerprint density at radius 1 is 1.29 bits per heavy atom. The van der Waals surface area contributed by atoms with Crippen LogP contribution in [0, 0.1) is 12.7 Å². The van der Waals surface area contributed by atoms with E-state index in [4.69, 9.17) is 5.73 Å². The molecule has 0 saturated carbocycles. The fourth-order valence-corrected chi connectivity index (χ4v) is 1.72. The molecule has 2 aromatic rings. The maximum absolute atomic E-state index is 13.7. The summed E-state index contributed by atoms with van der Waals surface area (Å²) in [7, 11) is 0. The van der Waals surface area contributed by atoms with Gasteiger partial charge in [-0.3, -0.25) is 0 Å². The molecule has 0 unspecified atom stereocenters. The summed E-state index contributed by atoms with van der Waals surface area (Å²) in [5, 5.41) is 0. The molecule has 0 spiro atoms. The first-order valence-electron chi connectivity index (χ1n) is 5.50. The molecule has 0 aliphatic carbocycles. The van der Waals surface area contributed by atoms with E-state index in [0.29, 0.717) is 30.0 Å². The first-order chi connectivity index (χ1) is 8.22. The van der Waals surface area contributed by atoms with Gasteiger partial charge in [0.25, 0.3) is 0 Å². The summed E-state index contributed by atoms with van der Waals surface area (Å²) in [5.74, 6) is 0.355. The molecular formula is C13H14FN3. The van der Waals surface area contributed by atoms with Gasteiger partial charge in [0, 0.05) is 11.8 Å². The van der Waals surface area contributed by atoms with Crippen LogP contribution in [0.3, 0.4) is 0 Å². The molecule has 0 bridgehead atoms. The van der Waals surface area contributed by atoms with Crippen molar-refractivity contribution in [2.75, 3.05) is 6.54 Å². The molecule has 0 amide bonds. The number of hydrogen-bond acceptors (Lipinski definition) is 3. The van der Waals surface area contributed by atoms with Crippen LogP contribution < -0.4 is 5.73 Å². The molecule has 3 nitrogen and oxygen atoms in total. The molecule has 88 valence electrons. The van der Waals surface area contributed by atoms with Gasteiger partial charge in [0.2, 0.25) is 0 Å². The number of nitrogens with two attached hydrogens (primary N) is 1. The molecule has 0 saturated heterocycles. The Hall–Kier alpha value is -1.81. The first-order valence-corrected chi connectivity index (χ1v) is 5.50. The SMILES string of the molecule is Cc1ncc(CCN)c(-c2ccccc2F)n1. The number of halogens is 1. The Morgan fingerprint density at radius 3 is 2.76 bits per heavy atom. The van der Waals surface area contributed by atoms with Crippen LogP contribution in [0.15, 0.2) is 30.5 Å². The van der Waals surface area contributed by atoms with E-state index in [9.17, 15) is 4.39 Å². The highest BCUT2D eigenvalue weighted by molar-refractivity contribution is 5.63. The average Bonchev–Trinajstić information content (AvgIpc) is 2.32. The summed E-state index contributed by atoms with van der Waals surface area (Å²) in [6.45, 7) is 2.28. The van der Waals surface area contributed by atoms with E-state index in [2.05, 4.69) is 9.97 Å². The van der Waals surface area contributed by atoms with Gasteiger partial charge in [0.1, 0.15) is 11.6 Å². The summed E-state index contributed by atoms with van der Waals surface area (Å²) in [6, 6.07) is 6.60. The minimum Gasteiger partial charge on any atom is -0.330 e. The van der Waals surface area contributed by atoms with Crippen molar-refractivity contribution in [2.24, 2.45) is 5.73 Å². The lowest BCUT2D eigenvalue weighted by Crippen LogP contribution is -2.07. The zero-order valence-corrected chi connectivity index (χ0v) is 9.65. The molecule has 1 aromatic carbocycles. The topological polar surface area (TPSA) is 51.8 Å². The lowest BCUT2D eigenvalue weighted by Gasteiger charge is -2.09. The van der Waals surface area contributed by atoms with E-state index >= 15 is 0 Å². The second-order valence-electron chi connectivity index (χ2n) is 3.81. The minimum atomic E-state index is -0.274. The number of nitrogens with zero attached hydrogens (tertiary/aromatic N) is 2. The van der Waals surface area contributed by atoms with E-state index in [1.165, 1.54) is 6.07 Å². The third kappa shape index (κ3) is 2.47. The average molecular weight is 231 g/mol. The van der Waals surface area contributed by atoms with Crippen molar-refractivity contribution in [3.05, 3.63) is 47.7 Å². The molecule has 2 N–H and O–H groups in total. The largest absolute Gasteiger partial charge is 0.330 e. The smallest absolute Gasteiger partial charge is 0.132 e. The Morgan fingerprint density at radius 2 is 2.06 bits per heavy atom. The minimum absolute atomic E-state index is 0.274. The molecule has 1 aromatic heterocycles. The lowest BCUT2D eigenvalue weighted by atomic mass is 10.0. The molecule has 0 atom stereocenters. The Kier molecular flexibility index (Phi) is 3.44. The van der Waals surface area contributed by atoms with Gasteiger partial charge >= 0.3 is 0 Å². The van der Waals surface area contributed by atoms with Crippen LogP contribution in [0.1, 0.15) is 11.4 Å². The van der Waals surface area contributed by atoms with Gasteiger partial charge in [0.05, 0.1) is 5.69 Å². The van der Waals surface area contributed by atoms with Crippen LogP contribution in [0.2, 0.25) is 0 Å². The first kappa shape index (κ1) is 11.7. The van der Waals surface area contributed by atoms with Crippen LogP contribution in [0.25, 0.3) is 11.3 Å². The van der Waals surface area contributed by atoms with Crippen LogP contribution in [-0.2, 0) is 6.42 Å². The van der Waals surface area contributed by atoms with Crippen LogP contribution in [0.5, 0.6) is 0 Å². The maximum Gasteiger partial charge on any atom is 0.132 e. The van der Waals surface area contributed by atoms with Gasteiger partial charge in [-0.25, -0.2) is 14.4 Å². The summed E-state index contributed by atoms with van der Waals surface area (Å²) in [5.41, 5.74) is 7.55. The normalized spacial score (nSPS) is 10.5. The van der Waals surface area contributed by atoms with E-state index in [0.717, 1.165) is 5.56 Å². The third-order valence-corrected chi connectivity index (χ3v) is 2.53. The molecule has 0 radical (unpaired) electrons. The van der Waals surface area contributed by atoms with E-state index in [-0.39, 0.29) is 5.82 Å². The van der Waals surface area contributed by atoms with Crippen molar-refractivity contribution >= 4 is 0 Å². The molecule has 4 heteroatoms. The summed E-state index contributed by atoms with van der Waals surface area (Å²) in [4.78, 5) is 8.44. The fourth-order valence-electron chi connectivity index (χ4n) is 1.72. The van der Waals surface area contributed by atoms with Gasteiger partial charge in [0.15, 0.2) is 0 Å². The third-order valence-electron chi connectivity index (χ3n) is 2.53. The number of rotatable bonds is 3. The van der Waals surface area contributed by atoms with Gasteiger partial charge in [-0.1, -0.05) is 12.1 Å². The van der Waals surface area contributed by atoms with Gasteiger partial charge in [-0.05, 0) is 37.6 Å². The molecule has 0 aliphatic rings. The van der Waals surface area contributed by atoms with Crippen molar-refractivity contribution in [1.29, 1.82) is 0 Å². The van der Waals surface area contributed by atoms with E-state index in [1.54, 1.807) is 31.3 Å². The quantitative estimate of drug-likeness (QED) is 0.880. The van der Waals surface area contributed by atoms with Crippen LogP contribution in [-0.4, -0.2) is 16.5 Å². The van der Waals surface area contributed by atoms with Gasteiger partial charge in [-0.15, -0.1) is 0 Å². The van der Waals surface area contributed by atoms with Gasteiger partial charge in [-0.2, -0.15) is 0 Å². The van der Waals surface area contributed by atoms with Crippen molar-refractivity contribution in [1.82, 2.24) is 9.97 Å². The van der Waals surface area contributed by atoms with E-state index in [1.807, 2.05) is 0 Å². The van der Waals surface area contributed by atoms with Crippen molar-refractivity contribution in [3.63, 3.8) is 0 Å². The number of benzene rings is 1. The van der Waals surface area contributed by atoms with Crippen LogP contribution >= 0.6 is 0 Å². The summed E-state index contributed by atoms with van der Waals surface area (Å²) < 4.78 is 13.7. The fraction of sp³-hybridized carbons (Fsp3) is 0.231. The Balaban J connectivity index is 2.57. The van der Waals surface area contributed by atoms with Gasteiger partial charge < -0.3 is 5.73 Å². The van der Waals surface area contributed by atoms with Crippen LogP contribution in [0.4, 0.5) is 4.39 Å². The summed E-state index contributed by atoms with van der Waals surface area (Å²) in [6.07, 6.45) is 2.36. The number of hydrogen-bond donors (Lipinski definition) is 1. The predicted octanol–water partition coefficient (Wildman–Crippen LogP) is 2.09. The second kappa shape index (κ2) is 5.01. The molecule has 0 aliphatic heterocycles. The monoisotopic (exact) mass is 231 g/mol. The molecule has 0 fully saturated rings. The number of aryl methyl sites for hydroxylation is 1. The van der Waals surface area contributed by atoms with E-state index < -0.39 is 0 Å². The maximum atomic E-state index is 13.7. The number of aromatic nitrogens is 2. The van der Waals surface area contributed by atoms with Crippen molar-refractivity contribution < 1.29 is 4.39 Å².